The fraction of sp³-hybridized carbons (Fsp3) is 0.200. The Morgan fingerprint density at radius 2 is 2.07 bits per heavy atom. The fourth-order valence-electron chi connectivity index (χ4n) is 2.73. The second-order valence-electron chi connectivity index (χ2n) is 5.96. The number of nitrogens with zero attached hydrogens (tertiary/aromatic N) is 2. The normalized spacial score (nSPS) is 11.1. The van der Waals surface area contributed by atoms with Crippen molar-refractivity contribution < 1.29 is 14.3 Å². The summed E-state index contributed by atoms with van der Waals surface area (Å²) in [5, 5.41) is 2.84. The van der Waals surface area contributed by atoms with Crippen LogP contribution in [-0.2, 0) is 11.3 Å². The molecule has 0 bridgehead atoms. The molecule has 2 aromatic heterocycles. The molecular weight excluding hydrogens is 410 g/mol. The second-order valence-corrected chi connectivity index (χ2v) is 6.88. The summed E-state index contributed by atoms with van der Waals surface area (Å²) in [6.07, 6.45) is 7.01. The zero-order chi connectivity index (χ0) is 19.4. The van der Waals surface area contributed by atoms with Crippen molar-refractivity contribution in [3.8, 4) is 11.5 Å². The summed E-state index contributed by atoms with van der Waals surface area (Å²) in [5.41, 5.74) is 3.49. The number of methoxy groups -OCH3 is 2. The van der Waals surface area contributed by atoms with Gasteiger partial charge in [0.2, 0.25) is 5.91 Å². The number of amides is 1. The fourth-order valence-corrected chi connectivity index (χ4v) is 3.30. The van der Waals surface area contributed by atoms with Crippen molar-refractivity contribution >= 4 is 33.6 Å². The van der Waals surface area contributed by atoms with Gasteiger partial charge < -0.3 is 19.2 Å². The predicted molar refractivity (Wildman–Crippen MR) is 108 cm³/mol. The lowest BCUT2D eigenvalue weighted by Crippen LogP contribution is -2.20. The van der Waals surface area contributed by atoms with E-state index >= 15 is 0 Å². The molecule has 6 nitrogen and oxygen atoms in total. The lowest BCUT2D eigenvalue weighted by atomic mass is 10.1. The smallest absolute Gasteiger partial charge is 0.244 e. The Kier molecular flexibility index (Phi) is 5.81. The van der Waals surface area contributed by atoms with Gasteiger partial charge in [-0.2, -0.15) is 0 Å². The molecule has 0 saturated carbocycles. The molecule has 0 atom stereocenters. The highest BCUT2D eigenvalue weighted by molar-refractivity contribution is 9.10. The molecule has 1 amide bonds. The molecule has 0 fully saturated rings. The number of rotatable bonds is 6. The lowest BCUT2D eigenvalue weighted by Gasteiger charge is -2.07. The maximum Gasteiger partial charge on any atom is 0.244 e. The van der Waals surface area contributed by atoms with Crippen molar-refractivity contribution in [2.24, 2.45) is 0 Å². The Balaban J connectivity index is 1.68. The molecule has 3 aromatic rings. The zero-order valence-corrected chi connectivity index (χ0v) is 16.9. The van der Waals surface area contributed by atoms with Crippen LogP contribution in [0.15, 0.2) is 47.2 Å². The second kappa shape index (κ2) is 8.26. The van der Waals surface area contributed by atoms with Crippen molar-refractivity contribution in [1.29, 1.82) is 0 Å². The summed E-state index contributed by atoms with van der Waals surface area (Å²) >= 11 is 3.47. The van der Waals surface area contributed by atoms with Crippen LogP contribution in [0.5, 0.6) is 11.5 Å². The van der Waals surface area contributed by atoms with E-state index in [-0.39, 0.29) is 5.91 Å². The number of hydrogen-bond acceptors (Lipinski definition) is 4. The number of benzene rings is 1. The maximum atomic E-state index is 12.2. The van der Waals surface area contributed by atoms with Crippen LogP contribution < -0.4 is 14.8 Å². The topological polar surface area (TPSA) is 64.9 Å². The Labute approximate surface area is 165 Å². The van der Waals surface area contributed by atoms with Gasteiger partial charge in [-0.15, -0.1) is 0 Å². The molecule has 0 aliphatic rings. The molecule has 0 unspecified atom stereocenters. The van der Waals surface area contributed by atoms with Crippen molar-refractivity contribution in [3.63, 3.8) is 0 Å². The standard InChI is InChI=1S/C20H20BrN3O3/c1-13-8-15(21)11-24-12-16(23-20(13)24)10-22-19(25)7-4-14-9-17(26-2)5-6-18(14)27-3/h4-9,11-12H,10H2,1-3H3,(H,22,25)/b7-4+. The van der Waals surface area contributed by atoms with E-state index in [1.54, 1.807) is 32.4 Å². The largest absolute Gasteiger partial charge is 0.497 e. The van der Waals surface area contributed by atoms with Gasteiger partial charge in [-0.1, -0.05) is 0 Å². The summed E-state index contributed by atoms with van der Waals surface area (Å²) in [4.78, 5) is 16.7. The van der Waals surface area contributed by atoms with E-state index in [4.69, 9.17) is 9.47 Å². The highest BCUT2D eigenvalue weighted by Gasteiger charge is 2.07. The van der Waals surface area contributed by atoms with E-state index in [0.29, 0.717) is 18.0 Å². The number of imidazole rings is 1. The average Bonchev–Trinajstić information content (AvgIpc) is 3.07. The molecule has 0 aliphatic carbocycles. The third kappa shape index (κ3) is 4.49. The summed E-state index contributed by atoms with van der Waals surface area (Å²) in [6.45, 7) is 2.34. The average molecular weight is 430 g/mol. The first-order valence-corrected chi connectivity index (χ1v) is 9.11. The molecule has 2 heterocycles. The molecule has 3 rings (SSSR count). The van der Waals surface area contributed by atoms with Gasteiger partial charge in [0.1, 0.15) is 17.1 Å². The first kappa shape index (κ1) is 19.0. The Hall–Kier alpha value is -2.80. The van der Waals surface area contributed by atoms with E-state index in [1.807, 2.05) is 35.9 Å². The number of ether oxygens (including phenoxy) is 2. The van der Waals surface area contributed by atoms with Gasteiger partial charge in [0.25, 0.3) is 0 Å². The molecule has 0 saturated heterocycles. The van der Waals surface area contributed by atoms with E-state index in [2.05, 4.69) is 26.2 Å². The third-order valence-electron chi connectivity index (χ3n) is 4.05. The molecule has 0 radical (unpaired) electrons. The molecule has 0 spiro atoms. The SMILES string of the molecule is COc1ccc(OC)c(/C=C/C(=O)NCc2cn3cc(Br)cc(C)c3n2)c1. The Morgan fingerprint density at radius 1 is 1.26 bits per heavy atom. The molecule has 7 heteroatoms. The van der Waals surface area contributed by atoms with Gasteiger partial charge in [-0.25, -0.2) is 4.98 Å². The number of carbonyl (C=O) groups is 1. The van der Waals surface area contributed by atoms with Crippen LogP contribution in [0.4, 0.5) is 0 Å². The Bertz CT molecular complexity index is 1010. The quantitative estimate of drug-likeness (QED) is 0.605. The van der Waals surface area contributed by atoms with Gasteiger partial charge in [0.15, 0.2) is 0 Å². The van der Waals surface area contributed by atoms with Gasteiger partial charge in [0.05, 0.1) is 26.5 Å². The molecular formula is C20H20BrN3O3. The number of carbonyl (C=O) groups excluding carboxylic acids is 1. The number of pyridine rings is 1. The van der Waals surface area contributed by atoms with E-state index in [1.165, 1.54) is 6.08 Å². The monoisotopic (exact) mass is 429 g/mol. The number of nitrogens with one attached hydrogen (secondary N) is 1. The van der Waals surface area contributed by atoms with Crippen molar-refractivity contribution in [2.45, 2.75) is 13.5 Å². The summed E-state index contributed by atoms with van der Waals surface area (Å²) in [5.74, 6) is 1.15. The summed E-state index contributed by atoms with van der Waals surface area (Å²) in [6, 6.07) is 7.42. The van der Waals surface area contributed by atoms with Crippen LogP contribution in [0.1, 0.15) is 16.8 Å². The number of aromatic nitrogens is 2. The van der Waals surface area contributed by atoms with Crippen molar-refractivity contribution in [2.75, 3.05) is 14.2 Å². The van der Waals surface area contributed by atoms with Crippen LogP contribution >= 0.6 is 15.9 Å². The van der Waals surface area contributed by atoms with E-state index in [9.17, 15) is 4.79 Å². The van der Waals surface area contributed by atoms with Crippen molar-refractivity contribution in [3.05, 3.63) is 64.0 Å². The molecule has 1 aromatic carbocycles. The van der Waals surface area contributed by atoms with E-state index < -0.39 is 0 Å². The highest BCUT2D eigenvalue weighted by Crippen LogP contribution is 2.25. The van der Waals surface area contributed by atoms with E-state index in [0.717, 1.165) is 26.9 Å². The number of fused-ring (bicyclic) bond motifs is 1. The summed E-state index contributed by atoms with van der Waals surface area (Å²) in [7, 11) is 3.18. The predicted octanol–water partition coefficient (Wildman–Crippen LogP) is 3.75. The maximum absolute atomic E-state index is 12.2. The number of aryl methyl sites for hydroxylation is 1. The highest BCUT2D eigenvalue weighted by atomic mass is 79.9. The zero-order valence-electron chi connectivity index (χ0n) is 15.3. The van der Waals surface area contributed by atoms with Crippen LogP contribution in [0.25, 0.3) is 11.7 Å². The van der Waals surface area contributed by atoms with Gasteiger partial charge in [0, 0.05) is 28.5 Å². The summed E-state index contributed by atoms with van der Waals surface area (Å²) < 4.78 is 13.4. The van der Waals surface area contributed by atoms with Gasteiger partial charge in [-0.3, -0.25) is 4.79 Å². The van der Waals surface area contributed by atoms with Crippen molar-refractivity contribution in [1.82, 2.24) is 14.7 Å². The van der Waals surface area contributed by atoms with Crippen LogP contribution in [0.2, 0.25) is 0 Å². The number of hydrogen-bond donors (Lipinski definition) is 1. The van der Waals surface area contributed by atoms with Crippen LogP contribution in [-0.4, -0.2) is 29.5 Å². The molecule has 0 aliphatic heterocycles. The molecule has 27 heavy (non-hydrogen) atoms. The Morgan fingerprint density at radius 3 is 2.81 bits per heavy atom. The van der Waals surface area contributed by atoms with Gasteiger partial charge in [-0.05, 0) is 58.8 Å². The molecule has 1 N–H and O–H groups in total. The third-order valence-corrected chi connectivity index (χ3v) is 4.48. The van der Waals surface area contributed by atoms with Crippen LogP contribution in [0.3, 0.4) is 0 Å². The first-order chi connectivity index (χ1) is 13.0. The van der Waals surface area contributed by atoms with Gasteiger partial charge >= 0.3 is 0 Å². The first-order valence-electron chi connectivity index (χ1n) is 8.32. The number of halogens is 1. The minimum absolute atomic E-state index is 0.213. The lowest BCUT2D eigenvalue weighted by molar-refractivity contribution is -0.116. The molecule has 140 valence electrons. The minimum Gasteiger partial charge on any atom is -0.497 e. The van der Waals surface area contributed by atoms with Crippen LogP contribution in [0, 0.1) is 6.92 Å². The minimum atomic E-state index is -0.213.